The molecule has 0 aromatic heterocycles. The highest BCUT2D eigenvalue weighted by Gasteiger charge is 2.51. The second-order valence-electron chi connectivity index (χ2n) is 9.81. The molecule has 0 amide bonds. The molecular formula is C26H31NO5. The smallest absolute Gasteiger partial charge is 0.335 e. The molecule has 0 saturated carbocycles. The van der Waals surface area contributed by atoms with Gasteiger partial charge in [0.1, 0.15) is 5.60 Å². The monoisotopic (exact) mass is 437 g/mol. The Kier molecular flexibility index (Phi) is 5.38. The van der Waals surface area contributed by atoms with Gasteiger partial charge in [0, 0.05) is 31.1 Å². The Bertz CT molecular complexity index is 1000. The molecule has 3 aliphatic heterocycles. The van der Waals surface area contributed by atoms with Gasteiger partial charge in [-0.3, -0.25) is 4.90 Å². The zero-order valence-corrected chi connectivity index (χ0v) is 18.9. The van der Waals surface area contributed by atoms with Crippen LogP contribution in [0.25, 0.3) is 0 Å². The van der Waals surface area contributed by atoms with Crippen molar-refractivity contribution in [2.45, 2.75) is 51.0 Å². The number of piperidine rings is 1. The Morgan fingerprint density at radius 1 is 1.22 bits per heavy atom. The standard InChI is InChI=1S/C26H31NO5/c1-26(2)20-13-18-15-27(14-16-7-9-17(10-8-16)25(28)29)12-11-21(18)31-23(20)19-5-4-6-22(30-3)24(19)32-26/h4-10,18,20-21,23H,11-15H2,1-3H3,(H,28,29)/t18-,20+,21+,23-/m1/s1. The van der Waals surface area contributed by atoms with Gasteiger partial charge in [0.05, 0.1) is 24.9 Å². The first-order valence-electron chi connectivity index (χ1n) is 11.4. The van der Waals surface area contributed by atoms with E-state index in [-0.39, 0.29) is 23.7 Å². The highest BCUT2D eigenvalue weighted by Crippen LogP contribution is 2.55. The molecular weight excluding hydrogens is 406 g/mol. The van der Waals surface area contributed by atoms with E-state index in [1.165, 1.54) is 0 Å². The summed E-state index contributed by atoms with van der Waals surface area (Å²) < 4.78 is 18.8. The van der Waals surface area contributed by atoms with Crippen LogP contribution < -0.4 is 9.47 Å². The zero-order chi connectivity index (χ0) is 22.5. The van der Waals surface area contributed by atoms with Crippen LogP contribution in [-0.2, 0) is 11.3 Å². The average molecular weight is 438 g/mol. The van der Waals surface area contributed by atoms with Gasteiger partial charge in [0.2, 0.25) is 0 Å². The van der Waals surface area contributed by atoms with Crippen molar-refractivity contribution in [2.75, 3.05) is 20.2 Å². The molecule has 5 rings (SSSR count). The van der Waals surface area contributed by atoms with Crippen molar-refractivity contribution in [3.05, 3.63) is 59.2 Å². The number of rotatable bonds is 4. The minimum absolute atomic E-state index is 0.0280. The Hall–Kier alpha value is -2.57. The second kappa shape index (κ2) is 8.09. The van der Waals surface area contributed by atoms with E-state index in [0.717, 1.165) is 55.1 Å². The molecule has 3 aliphatic rings. The lowest BCUT2D eigenvalue weighted by atomic mass is 9.70. The van der Waals surface area contributed by atoms with Gasteiger partial charge in [-0.05, 0) is 56.4 Å². The average Bonchev–Trinajstić information content (AvgIpc) is 2.78. The summed E-state index contributed by atoms with van der Waals surface area (Å²) in [6.45, 7) is 7.11. The van der Waals surface area contributed by atoms with Gasteiger partial charge < -0.3 is 19.3 Å². The first-order chi connectivity index (χ1) is 15.4. The van der Waals surface area contributed by atoms with Crippen molar-refractivity contribution in [2.24, 2.45) is 11.8 Å². The number of hydrogen-bond acceptors (Lipinski definition) is 5. The van der Waals surface area contributed by atoms with Gasteiger partial charge >= 0.3 is 5.97 Å². The lowest BCUT2D eigenvalue weighted by Gasteiger charge is -2.53. The number of nitrogens with zero attached hydrogens (tertiary/aromatic N) is 1. The molecule has 3 heterocycles. The van der Waals surface area contributed by atoms with E-state index in [0.29, 0.717) is 11.5 Å². The van der Waals surface area contributed by atoms with Crippen molar-refractivity contribution in [3.63, 3.8) is 0 Å². The fourth-order valence-electron chi connectivity index (χ4n) is 5.68. The Labute approximate surface area is 189 Å². The maximum absolute atomic E-state index is 11.1. The summed E-state index contributed by atoms with van der Waals surface area (Å²) >= 11 is 0. The molecule has 0 spiro atoms. The maximum atomic E-state index is 11.1. The van der Waals surface area contributed by atoms with Crippen LogP contribution >= 0.6 is 0 Å². The first-order valence-corrected chi connectivity index (χ1v) is 11.4. The summed E-state index contributed by atoms with van der Waals surface area (Å²) in [4.78, 5) is 13.6. The molecule has 1 N–H and O–H groups in total. The van der Waals surface area contributed by atoms with E-state index in [9.17, 15) is 4.79 Å². The molecule has 170 valence electrons. The summed E-state index contributed by atoms with van der Waals surface area (Å²) in [6.07, 6.45) is 2.34. The van der Waals surface area contributed by atoms with Crippen LogP contribution in [0.15, 0.2) is 42.5 Å². The van der Waals surface area contributed by atoms with Crippen molar-refractivity contribution in [3.8, 4) is 11.5 Å². The van der Waals surface area contributed by atoms with Gasteiger partial charge in [-0.1, -0.05) is 24.3 Å². The van der Waals surface area contributed by atoms with Crippen molar-refractivity contribution >= 4 is 5.97 Å². The number of hydrogen-bond donors (Lipinski definition) is 1. The van der Waals surface area contributed by atoms with Crippen LogP contribution in [0.2, 0.25) is 0 Å². The predicted octanol–water partition coefficient (Wildman–Crippen LogP) is 4.53. The lowest BCUT2D eigenvalue weighted by Crippen LogP contribution is -2.55. The maximum Gasteiger partial charge on any atom is 0.335 e. The summed E-state index contributed by atoms with van der Waals surface area (Å²) in [5, 5.41) is 9.11. The number of methoxy groups -OCH3 is 1. The largest absolute Gasteiger partial charge is 0.493 e. The van der Waals surface area contributed by atoms with E-state index >= 15 is 0 Å². The molecule has 2 saturated heterocycles. The van der Waals surface area contributed by atoms with Crippen LogP contribution in [0, 0.1) is 11.8 Å². The zero-order valence-electron chi connectivity index (χ0n) is 18.9. The minimum Gasteiger partial charge on any atom is -0.493 e. The molecule has 2 aromatic carbocycles. The van der Waals surface area contributed by atoms with E-state index in [1.807, 2.05) is 24.3 Å². The van der Waals surface area contributed by atoms with E-state index in [1.54, 1.807) is 19.2 Å². The predicted molar refractivity (Wildman–Crippen MR) is 120 cm³/mol. The minimum atomic E-state index is -0.886. The van der Waals surface area contributed by atoms with Crippen LogP contribution in [0.5, 0.6) is 11.5 Å². The van der Waals surface area contributed by atoms with Gasteiger partial charge in [-0.15, -0.1) is 0 Å². The lowest BCUT2D eigenvalue weighted by molar-refractivity contribution is -0.188. The van der Waals surface area contributed by atoms with Gasteiger partial charge in [0.15, 0.2) is 11.5 Å². The third-order valence-corrected chi connectivity index (χ3v) is 7.39. The molecule has 32 heavy (non-hydrogen) atoms. The molecule has 4 atom stereocenters. The number of carbonyl (C=O) groups is 1. The van der Waals surface area contributed by atoms with E-state index in [2.05, 4.69) is 24.8 Å². The van der Waals surface area contributed by atoms with Crippen molar-refractivity contribution in [1.82, 2.24) is 4.90 Å². The SMILES string of the molecule is COc1cccc2c1OC(C)(C)[C@H]1C[C@@H]3CN(Cc4ccc(C(=O)O)cc4)CC[C@@H]3O[C@H]21. The third-order valence-electron chi connectivity index (χ3n) is 7.39. The Morgan fingerprint density at radius 2 is 2.00 bits per heavy atom. The van der Waals surface area contributed by atoms with Gasteiger partial charge in [0.25, 0.3) is 0 Å². The van der Waals surface area contributed by atoms with E-state index in [4.69, 9.17) is 19.3 Å². The van der Waals surface area contributed by atoms with Gasteiger partial charge in [-0.2, -0.15) is 0 Å². The summed E-state index contributed by atoms with van der Waals surface area (Å²) in [5.41, 5.74) is 2.24. The number of aromatic carboxylic acids is 1. The molecule has 2 aromatic rings. The molecule has 6 nitrogen and oxygen atoms in total. The van der Waals surface area contributed by atoms with Crippen molar-refractivity contribution < 1.29 is 24.1 Å². The Balaban J connectivity index is 1.32. The van der Waals surface area contributed by atoms with E-state index < -0.39 is 5.97 Å². The molecule has 0 radical (unpaired) electrons. The van der Waals surface area contributed by atoms with Gasteiger partial charge in [-0.25, -0.2) is 4.79 Å². The number of ether oxygens (including phenoxy) is 3. The fraction of sp³-hybridized carbons (Fsp3) is 0.500. The normalized spacial score (nSPS) is 28.6. The number of likely N-dealkylation sites (tertiary alicyclic amines) is 1. The molecule has 0 aliphatic carbocycles. The third kappa shape index (κ3) is 3.76. The molecule has 0 unspecified atom stereocenters. The van der Waals surface area contributed by atoms with Crippen molar-refractivity contribution in [1.29, 1.82) is 0 Å². The second-order valence-corrected chi connectivity index (χ2v) is 9.81. The van der Waals surface area contributed by atoms with Crippen LogP contribution in [0.1, 0.15) is 54.3 Å². The van der Waals surface area contributed by atoms with Crippen LogP contribution in [-0.4, -0.2) is 47.9 Å². The van der Waals surface area contributed by atoms with Crippen LogP contribution in [0.3, 0.4) is 0 Å². The topological polar surface area (TPSA) is 68.2 Å². The molecule has 6 heteroatoms. The molecule has 2 fully saturated rings. The van der Waals surface area contributed by atoms with Crippen LogP contribution in [0.4, 0.5) is 0 Å². The highest BCUT2D eigenvalue weighted by atomic mass is 16.5. The number of fused-ring (bicyclic) bond motifs is 4. The number of benzene rings is 2. The summed E-state index contributed by atoms with van der Waals surface area (Å²) in [5.74, 6) is 1.43. The first kappa shape index (κ1) is 21.3. The molecule has 0 bridgehead atoms. The number of carboxylic acid groups (broad SMARTS) is 1. The highest BCUT2D eigenvalue weighted by molar-refractivity contribution is 5.87. The fourth-order valence-corrected chi connectivity index (χ4v) is 5.68. The Morgan fingerprint density at radius 3 is 2.72 bits per heavy atom. The number of carboxylic acids is 1. The quantitative estimate of drug-likeness (QED) is 0.758. The summed E-state index contributed by atoms with van der Waals surface area (Å²) in [6, 6.07) is 13.3. The number of para-hydroxylation sites is 1. The summed E-state index contributed by atoms with van der Waals surface area (Å²) in [7, 11) is 1.68.